The quantitative estimate of drug-likeness (QED) is 0.813. The van der Waals surface area contributed by atoms with Gasteiger partial charge in [0.25, 0.3) is 0 Å². The molecule has 0 spiro atoms. The molecule has 2 fully saturated rings. The molecule has 2 atom stereocenters. The first-order valence-corrected chi connectivity index (χ1v) is 9.61. The van der Waals surface area contributed by atoms with E-state index in [1.807, 2.05) is 18.2 Å². The van der Waals surface area contributed by atoms with E-state index in [2.05, 4.69) is 24.0 Å². The minimum atomic E-state index is -0.458. The number of ether oxygens (including phenoxy) is 1. The fraction of sp³-hybridized carbons (Fsp3) is 0.571. The van der Waals surface area contributed by atoms with Crippen molar-refractivity contribution in [1.82, 2.24) is 9.80 Å². The first-order valence-electron chi connectivity index (χ1n) is 9.61. The molecule has 1 amide bonds. The number of aliphatic hydroxyl groups excluding tert-OH is 1. The van der Waals surface area contributed by atoms with E-state index in [1.54, 1.807) is 11.0 Å². The number of aliphatic hydroxyl groups is 1. The molecule has 0 bridgehead atoms. The van der Waals surface area contributed by atoms with Crippen molar-refractivity contribution in [3.63, 3.8) is 0 Å². The number of amides is 1. The zero-order valence-corrected chi connectivity index (χ0v) is 15.6. The number of morpholine rings is 1. The number of piperidine rings is 1. The molecule has 5 heteroatoms. The van der Waals surface area contributed by atoms with Crippen LogP contribution < -0.4 is 0 Å². The smallest absolute Gasteiger partial charge is 0.246 e. The molecule has 0 aromatic heterocycles. The molecule has 2 heterocycles. The van der Waals surface area contributed by atoms with Crippen LogP contribution in [0, 0.1) is 12.8 Å². The Kier molecular flexibility index (Phi) is 6.83. The molecule has 2 saturated heterocycles. The van der Waals surface area contributed by atoms with Gasteiger partial charge in [0, 0.05) is 38.8 Å². The lowest BCUT2D eigenvalue weighted by Crippen LogP contribution is -2.46. The van der Waals surface area contributed by atoms with Crippen LogP contribution in [0.15, 0.2) is 36.4 Å². The number of carbonyl (C=O) groups is 1. The molecule has 1 aromatic rings. The monoisotopic (exact) mass is 358 g/mol. The Morgan fingerprint density at radius 1 is 1.27 bits per heavy atom. The standard InChI is InChI=1S/C21H30N2O3/c1-17-5-2-3-6-18(17)15-19-8-10-23(16-20(19)24)21(25)7-4-9-22-11-13-26-14-12-22/h2-7,19-20,24H,8-16H2,1H3/b7-4+/t19-,20-/m1/s1. The van der Waals surface area contributed by atoms with Gasteiger partial charge < -0.3 is 14.7 Å². The van der Waals surface area contributed by atoms with Crippen LogP contribution in [0.4, 0.5) is 0 Å². The predicted octanol–water partition coefficient (Wildman–Crippen LogP) is 1.64. The Labute approximate surface area is 156 Å². The number of aryl methyl sites for hydroxylation is 1. The molecule has 0 unspecified atom stereocenters. The van der Waals surface area contributed by atoms with Gasteiger partial charge in [0.05, 0.1) is 19.3 Å². The Hall–Kier alpha value is -1.69. The van der Waals surface area contributed by atoms with E-state index < -0.39 is 6.10 Å². The number of β-amino-alcohol motifs (C(OH)–C–C–N with tert-alkyl or cyclic N) is 1. The van der Waals surface area contributed by atoms with Crippen molar-refractivity contribution in [2.75, 3.05) is 45.9 Å². The Bertz CT molecular complexity index is 625. The third-order valence-electron chi connectivity index (χ3n) is 5.50. The zero-order valence-electron chi connectivity index (χ0n) is 15.6. The molecule has 2 aliphatic rings. The maximum absolute atomic E-state index is 12.4. The van der Waals surface area contributed by atoms with Crippen molar-refractivity contribution in [3.05, 3.63) is 47.5 Å². The second kappa shape index (κ2) is 9.31. The molecule has 0 saturated carbocycles. The van der Waals surface area contributed by atoms with E-state index >= 15 is 0 Å². The van der Waals surface area contributed by atoms with E-state index in [-0.39, 0.29) is 11.8 Å². The Morgan fingerprint density at radius 2 is 2.04 bits per heavy atom. The summed E-state index contributed by atoms with van der Waals surface area (Å²) < 4.78 is 5.33. The van der Waals surface area contributed by atoms with Crippen molar-refractivity contribution >= 4 is 5.91 Å². The SMILES string of the molecule is Cc1ccccc1C[C@H]1CCN(C(=O)/C=C/CN2CCOCC2)C[C@H]1O. The fourth-order valence-corrected chi connectivity index (χ4v) is 3.73. The fourth-order valence-electron chi connectivity index (χ4n) is 3.73. The van der Waals surface area contributed by atoms with Crippen LogP contribution in [0.1, 0.15) is 17.5 Å². The second-order valence-corrected chi connectivity index (χ2v) is 7.35. The molecule has 0 radical (unpaired) electrons. The van der Waals surface area contributed by atoms with Crippen molar-refractivity contribution in [2.45, 2.75) is 25.9 Å². The van der Waals surface area contributed by atoms with Crippen molar-refractivity contribution in [1.29, 1.82) is 0 Å². The summed E-state index contributed by atoms with van der Waals surface area (Å²) in [6, 6.07) is 8.33. The first kappa shape index (κ1) is 19.1. The number of hydrogen-bond donors (Lipinski definition) is 1. The number of carbonyl (C=O) groups excluding carboxylic acids is 1. The summed E-state index contributed by atoms with van der Waals surface area (Å²) >= 11 is 0. The second-order valence-electron chi connectivity index (χ2n) is 7.35. The number of rotatable bonds is 5. The number of benzene rings is 1. The zero-order chi connectivity index (χ0) is 18.4. The predicted molar refractivity (Wildman–Crippen MR) is 102 cm³/mol. The lowest BCUT2D eigenvalue weighted by atomic mass is 9.86. The van der Waals surface area contributed by atoms with Gasteiger partial charge in [-0.2, -0.15) is 0 Å². The molecule has 2 aliphatic heterocycles. The summed E-state index contributed by atoms with van der Waals surface area (Å²) in [5.74, 6) is 0.226. The molecule has 26 heavy (non-hydrogen) atoms. The first-order chi connectivity index (χ1) is 12.6. The Balaban J connectivity index is 1.46. The molecular weight excluding hydrogens is 328 g/mol. The van der Waals surface area contributed by atoms with Crippen LogP contribution in [-0.4, -0.2) is 72.9 Å². The van der Waals surface area contributed by atoms with E-state index in [0.717, 1.165) is 45.7 Å². The third-order valence-corrected chi connectivity index (χ3v) is 5.50. The molecular formula is C21H30N2O3. The lowest BCUT2D eigenvalue weighted by Gasteiger charge is -2.35. The normalized spacial score (nSPS) is 24.9. The van der Waals surface area contributed by atoms with Crippen molar-refractivity contribution < 1.29 is 14.6 Å². The average Bonchev–Trinajstić information content (AvgIpc) is 2.66. The molecule has 1 N–H and O–H groups in total. The van der Waals surface area contributed by atoms with Crippen LogP contribution in [-0.2, 0) is 16.0 Å². The molecule has 3 rings (SSSR count). The topological polar surface area (TPSA) is 53.0 Å². The summed E-state index contributed by atoms with van der Waals surface area (Å²) in [6.07, 6.45) is 4.85. The number of likely N-dealkylation sites (tertiary alicyclic amines) is 1. The van der Waals surface area contributed by atoms with Crippen molar-refractivity contribution in [2.24, 2.45) is 5.92 Å². The lowest BCUT2D eigenvalue weighted by molar-refractivity contribution is -0.130. The summed E-state index contributed by atoms with van der Waals surface area (Å²) in [4.78, 5) is 16.4. The van der Waals surface area contributed by atoms with E-state index in [9.17, 15) is 9.90 Å². The summed E-state index contributed by atoms with van der Waals surface area (Å²) in [5, 5.41) is 10.5. The van der Waals surface area contributed by atoms with Crippen LogP contribution >= 0.6 is 0 Å². The van der Waals surface area contributed by atoms with Crippen LogP contribution in [0.25, 0.3) is 0 Å². The summed E-state index contributed by atoms with van der Waals surface area (Å²) in [7, 11) is 0. The van der Waals surface area contributed by atoms with Gasteiger partial charge in [0.1, 0.15) is 0 Å². The summed E-state index contributed by atoms with van der Waals surface area (Å²) in [6.45, 7) is 7.40. The van der Waals surface area contributed by atoms with Crippen LogP contribution in [0.5, 0.6) is 0 Å². The highest BCUT2D eigenvalue weighted by molar-refractivity contribution is 5.87. The van der Waals surface area contributed by atoms with Gasteiger partial charge in [-0.05, 0) is 36.8 Å². The molecule has 142 valence electrons. The van der Waals surface area contributed by atoms with Gasteiger partial charge in [-0.3, -0.25) is 9.69 Å². The van der Waals surface area contributed by atoms with E-state index in [4.69, 9.17) is 4.74 Å². The maximum atomic E-state index is 12.4. The highest BCUT2D eigenvalue weighted by atomic mass is 16.5. The third kappa shape index (κ3) is 5.16. The largest absolute Gasteiger partial charge is 0.391 e. The number of hydrogen-bond acceptors (Lipinski definition) is 4. The van der Waals surface area contributed by atoms with Gasteiger partial charge in [-0.25, -0.2) is 0 Å². The van der Waals surface area contributed by atoms with E-state index in [1.165, 1.54) is 11.1 Å². The van der Waals surface area contributed by atoms with Gasteiger partial charge in [-0.15, -0.1) is 0 Å². The molecule has 1 aromatic carbocycles. The summed E-state index contributed by atoms with van der Waals surface area (Å²) in [5.41, 5.74) is 2.56. The highest BCUT2D eigenvalue weighted by Crippen LogP contribution is 2.24. The molecule has 0 aliphatic carbocycles. The highest BCUT2D eigenvalue weighted by Gasteiger charge is 2.29. The van der Waals surface area contributed by atoms with Gasteiger partial charge in [0.15, 0.2) is 0 Å². The van der Waals surface area contributed by atoms with Crippen molar-refractivity contribution in [3.8, 4) is 0 Å². The van der Waals surface area contributed by atoms with Crippen LogP contribution in [0.3, 0.4) is 0 Å². The van der Waals surface area contributed by atoms with Gasteiger partial charge in [0.2, 0.25) is 5.91 Å². The number of nitrogens with zero attached hydrogens (tertiary/aromatic N) is 2. The average molecular weight is 358 g/mol. The van der Waals surface area contributed by atoms with E-state index in [0.29, 0.717) is 13.1 Å². The van der Waals surface area contributed by atoms with Gasteiger partial charge >= 0.3 is 0 Å². The minimum Gasteiger partial charge on any atom is -0.391 e. The van der Waals surface area contributed by atoms with Gasteiger partial charge in [-0.1, -0.05) is 30.3 Å². The molecule has 5 nitrogen and oxygen atoms in total. The van der Waals surface area contributed by atoms with Crippen LogP contribution in [0.2, 0.25) is 0 Å². The minimum absolute atomic E-state index is 0.00616. The maximum Gasteiger partial charge on any atom is 0.246 e. The Morgan fingerprint density at radius 3 is 2.77 bits per heavy atom.